The van der Waals surface area contributed by atoms with E-state index in [9.17, 15) is 18.0 Å². The van der Waals surface area contributed by atoms with Gasteiger partial charge in [-0.15, -0.1) is 11.3 Å². The number of alkyl halides is 3. The standard InChI is InChI=1S/C19H16F3N7OS/c1-9(25-14-8-23-16-15(27-14)10(2)28-29-16)11-4-3-5-12(6-11)26-17(30)13-7-24-18(31-13)19(20,21)22/h3-9H,1-2H3,(H,25,27)(H,26,30)(H,23,28,29)/t9-/m0/s1. The van der Waals surface area contributed by atoms with Gasteiger partial charge in [-0.2, -0.15) is 18.3 Å². The van der Waals surface area contributed by atoms with Crippen molar-refractivity contribution in [2.75, 3.05) is 10.6 Å². The second-order valence-corrected chi connectivity index (χ2v) is 7.78. The molecule has 0 bridgehead atoms. The van der Waals surface area contributed by atoms with Gasteiger partial charge in [-0.1, -0.05) is 12.1 Å². The average molecular weight is 447 g/mol. The van der Waals surface area contributed by atoms with Crippen molar-refractivity contribution < 1.29 is 18.0 Å². The highest BCUT2D eigenvalue weighted by Crippen LogP contribution is 2.32. The van der Waals surface area contributed by atoms with Gasteiger partial charge in [0.2, 0.25) is 0 Å². The van der Waals surface area contributed by atoms with Crippen molar-refractivity contribution in [2.24, 2.45) is 0 Å². The molecule has 0 aliphatic carbocycles. The molecule has 0 aliphatic rings. The van der Waals surface area contributed by atoms with E-state index in [4.69, 9.17) is 0 Å². The number of benzene rings is 1. The van der Waals surface area contributed by atoms with Crippen molar-refractivity contribution in [3.05, 3.63) is 57.8 Å². The number of rotatable bonds is 5. The maximum Gasteiger partial charge on any atom is 0.443 e. The molecule has 12 heteroatoms. The molecule has 31 heavy (non-hydrogen) atoms. The Hall–Kier alpha value is -3.54. The minimum absolute atomic E-state index is 0.122. The maximum absolute atomic E-state index is 12.7. The molecule has 3 N–H and O–H groups in total. The van der Waals surface area contributed by atoms with Crippen LogP contribution < -0.4 is 10.6 Å². The summed E-state index contributed by atoms with van der Waals surface area (Å²) in [6, 6.07) is 6.80. The first-order valence-corrected chi connectivity index (χ1v) is 9.91. The van der Waals surface area contributed by atoms with E-state index in [2.05, 4.69) is 35.8 Å². The minimum Gasteiger partial charge on any atom is -0.362 e. The van der Waals surface area contributed by atoms with Crippen molar-refractivity contribution in [1.29, 1.82) is 0 Å². The maximum atomic E-state index is 12.7. The minimum atomic E-state index is -4.58. The van der Waals surface area contributed by atoms with E-state index < -0.39 is 17.1 Å². The Balaban J connectivity index is 1.47. The number of H-pyrrole nitrogens is 1. The number of aromatic nitrogens is 5. The summed E-state index contributed by atoms with van der Waals surface area (Å²) in [4.78, 5) is 24.2. The first-order chi connectivity index (χ1) is 14.7. The largest absolute Gasteiger partial charge is 0.443 e. The summed E-state index contributed by atoms with van der Waals surface area (Å²) in [6.07, 6.45) is -2.08. The van der Waals surface area contributed by atoms with E-state index in [1.807, 2.05) is 19.9 Å². The van der Waals surface area contributed by atoms with Gasteiger partial charge in [0.15, 0.2) is 10.7 Å². The number of nitrogens with zero attached hydrogens (tertiary/aromatic N) is 4. The van der Waals surface area contributed by atoms with Gasteiger partial charge in [-0.3, -0.25) is 9.89 Å². The van der Waals surface area contributed by atoms with Crippen LogP contribution in [-0.4, -0.2) is 31.1 Å². The van der Waals surface area contributed by atoms with Crippen molar-refractivity contribution in [2.45, 2.75) is 26.1 Å². The third-order valence-corrected chi connectivity index (χ3v) is 5.46. The van der Waals surface area contributed by atoms with Crippen LogP contribution in [0.15, 0.2) is 36.7 Å². The van der Waals surface area contributed by atoms with Crippen molar-refractivity contribution in [1.82, 2.24) is 25.1 Å². The number of aryl methyl sites for hydroxylation is 1. The Morgan fingerprint density at radius 2 is 2.03 bits per heavy atom. The predicted molar refractivity (Wildman–Crippen MR) is 110 cm³/mol. The van der Waals surface area contributed by atoms with Gasteiger partial charge in [0.25, 0.3) is 5.91 Å². The van der Waals surface area contributed by atoms with E-state index in [0.29, 0.717) is 34.0 Å². The molecule has 0 saturated carbocycles. The van der Waals surface area contributed by atoms with Gasteiger partial charge in [-0.25, -0.2) is 15.0 Å². The molecule has 3 heterocycles. The van der Waals surface area contributed by atoms with E-state index in [1.54, 1.807) is 24.4 Å². The molecule has 3 aromatic heterocycles. The third kappa shape index (κ3) is 4.48. The van der Waals surface area contributed by atoms with Crippen LogP contribution in [0.25, 0.3) is 11.2 Å². The lowest BCUT2D eigenvalue weighted by atomic mass is 10.1. The van der Waals surface area contributed by atoms with Crippen LogP contribution in [0.4, 0.5) is 24.7 Å². The summed E-state index contributed by atoms with van der Waals surface area (Å²) >= 11 is 0.299. The molecular formula is C19H16F3N7OS. The molecule has 0 unspecified atom stereocenters. The zero-order valence-corrected chi connectivity index (χ0v) is 17.1. The summed E-state index contributed by atoms with van der Waals surface area (Å²) in [5.41, 5.74) is 3.28. The van der Waals surface area contributed by atoms with Crippen molar-refractivity contribution in [3.8, 4) is 0 Å². The highest BCUT2D eigenvalue weighted by atomic mass is 32.1. The Bertz CT molecular complexity index is 1250. The molecule has 0 spiro atoms. The molecule has 1 aromatic carbocycles. The Morgan fingerprint density at radius 3 is 2.77 bits per heavy atom. The first-order valence-electron chi connectivity index (χ1n) is 9.09. The highest BCUT2D eigenvalue weighted by Gasteiger charge is 2.35. The van der Waals surface area contributed by atoms with E-state index in [-0.39, 0.29) is 10.9 Å². The molecule has 160 valence electrons. The van der Waals surface area contributed by atoms with Gasteiger partial charge in [0.05, 0.1) is 24.1 Å². The molecule has 1 atom stereocenters. The van der Waals surface area contributed by atoms with Crippen LogP contribution in [0.2, 0.25) is 0 Å². The van der Waals surface area contributed by atoms with E-state index in [1.165, 1.54) is 0 Å². The van der Waals surface area contributed by atoms with Gasteiger partial charge in [-0.05, 0) is 31.5 Å². The normalized spacial score (nSPS) is 12.7. The Kier molecular flexibility index (Phi) is 5.31. The fourth-order valence-corrected chi connectivity index (χ4v) is 3.55. The fourth-order valence-electron chi connectivity index (χ4n) is 2.87. The van der Waals surface area contributed by atoms with Crippen LogP contribution in [0.5, 0.6) is 0 Å². The van der Waals surface area contributed by atoms with Gasteiger partial charge < -0.3 is 10.6 Å². The summed E-state index contributed by atoms with van der Waals surface area (Å²) in [6.45, 7) is 3.76. The number of amides is 1. The molecule has 0 aliphatic heterocycles. The predicted octanol–water partition coefficient (Wildman–Crippen LogP) is 4.56. The quantitative estimate of drug-likeness (QED) is 0.414. The molecule has 4 aromatic rings. The van der Waals surface area contributed by atoms with Crippen LogP contribution in [0.1, 0.15) is 38.9 Å². The number of carbonyl (C=O) groups excluding carboxylic acids is 1. The number of anilines is 2. The smallest absolute Gasteiger partial charge is 0.362 e. The van der Waals surface area contributed by atoms with Gasteiger partial charge in [0.1, 0.15) is 16.2 Å². The van der Waals surface area contributed by atoms with Crippen molar-refractivity contribution in [3.63, 3.8) is 0 Å². The van der Waals surface area contributed by atoms with Crippen LogP contribution in [0, 0.1) is 6.92 Å². The molecule has 0 saturated heterocycles. The third-order valence-electron chi connectivity index (χ3n) is 4.42. The molecule has 1 amide bonds. The molecule has 8 nitrogen and oxygen atoms in total. The second-order valence-electron chi connectivity index (χ2n) is 6.75. The first kappa shape index (κ1) is 20.7. The lowest BCUT2D eigenvalue weighted by Gasteiger charge is -2.16. The lowest BCUT2D eigenvalue weighted by Crippen LogP contribution is -2.12. The summed E-state index contributed by atoms with van der Waals surface area (Å²) < 4.78 is 38.1. The lowest BCUT2D eigenvalue weighted by molar-refractivity contribution is -0.137. The topological polar surface area (TPSA) is 108 Å². The molecule has 4 rings (SSSR count). The number of fused-ring (bicyclic) bond motifs is 1. The van der Waals surface area contributed by atoms with Gasteiger partial charge in [0, 0.05) is 5.69 Å². The highest BCUT2D eigenvalue weighted by molar-refractivity contribution is 7.13. The Morgan fingerprint density at radius 1 is 1.23 bits per heavy atom. The monoisotopic (exact) mass is 447 g/mol. The number of hydrogen-bond donors (Lipinski definition) is 3. The number of thiazole rings is 1. The Labute approximate surface area is 178 Å². The zero-order chi connectivity index (χ0) is 22.2. The van der Waals surface area contributed by atoms with Gasteiger partial charge >= 0.3 is 6.18 Å². The number of aromatic amines is 1. The van der Waals surface area contributed by atoms with Crippen LogP contribution in [0.3, 0.4) is 0 Å². The molecule has 0 fully saturated rings. The molecular weight excluding hydrogens is 431 g/mol. The fraction of sp³-hybridized carbons (Fsp3) is 0.211. The molecule has 0 radical (unpaired) electrons. The summed E-state index contributed by atoms with van der Waals surface area (Å²) in [5.74, 6) is -0.0965. The number of carbonyl (C=O) groups is 1. The average Bonchev–Trinajstić information content (AvgIpc) is 3.36. The summed E-state index contributed by atoms with van der Waals surface area (Å²) in [7, 11) is 0. The number of nitrogens with one attached hydrogen (secondary N) is 3. The second kappa shape index (κ2) is 7.95. The van der Waals surface area contributed by atoms with E-state index >= 15 is 0 Å². The van der Waals surface area contributed by atoms with Crippen LogP contribution in [-0.2, 0) is 6.18 Å². The number of hydrogen-bond acceptors (Lipinski definition) is 7. The van der Waals surface area contributed by atoms with Crippen molar-refractivity contribution >= 4 is 39.9 Å². The number of halogens is 3. The zero-order valence-electron chi connectivity index (χ0n) is 16.3. The summed E-state index contributed by atoms with van der Waals surface area (Å²) in [5, 5.41) is 11.7. The van der Waals surface area contributed by atoms with E-state index in [0.717, 1.165) is 17.5 Å². The SMILES string of the molecule is Cc1[nH]nc2ncc(N[C@@H](C)c3cccc(NC(=O)c4cnc(C(F)(F)F)s4)c3)nc12. The van der Waals surface area contributed by atoms with Crippen LogP contribution >= 0.6 is 11.3 Å².